The van der Waals surface area contributed by atoms with Crippen LogP contribution in [0.15, 0.2) is 35.1 Å². The average Bonchev–Trinajstić information content (AvgIpc) is 2.74. The fraction of sp³-hybridized carbons (Fsp3) is 0.412. The molecule has 21 heavy (non-hydrogen) atoms. The van der Waals surface area contributed by atoms with Gasteiger partial charge in [-0.05, 0) is 38.0 Å². The maximum absolute atomic E-state index is 12.7. The molecule has 110 valence electrons. The molecule has 4 nitrogen and oxygen atoms in total. The fourth-order valence-corrected chi connectivity index (χ4v) is 2.73. The lowest BCUT2D eigenvalue weighted by molar-refractivity contribution is 0.363. The van der Waals surface area contributed by atoms with Gasteiger partial charge in [0, 0.05) is 13.0 Å². The number of nitrogens with zero attached hydrogens (tertiary/aromatic N) is 2. The highest BCUT2D eigenvalue weighted by Gasteiger charge is 2.13. The van der Waals surface area contributed by atoms with E-state index in [0.717, 1.165) is 43.6 Å². The molecule has 1 aromatic heterocycles. The number of hydrogen-bond donors (Lipinski definition) is 0. The third kappa shape index (κ3) is 2.84. The van der Waals surface area contributed by atoms with E-state index in [9.17, 15) is 4.79 Å². The van der Waals surface area contributed by atoms with E-state index in [-0.39, 0.29) is 5.56 Å². The maximum atomic E-state index is 12.7. The Morgan fingerprint density at radius 1 is 1.33 bits per heavy atom. The van der Waals surface area contributed by atoms with Gasteiger partial charge in [0.2, 0.25) is 0 Å². The maximum Gasteiger partial charge on any atom is 0.261 e. The van der Waals surface area contributed by atoms with Crippen molar-refractivity contribution in [1.82, 2.24) is 9.55 Å². The van der Waals surface area contributed by atoms with Crippen LogP contribution in [0, 0.1) is 0 Å². The van der Waals surface area contributed by atoms with Crippen molar-refractivity contribution in [1.29, 1.82) is 0 Å². The van der Waals surface area contributed by atoms with Crippen LogP contribution in [0.3, 0.4) is 0 Å². The number of ether oxygens (including phenoxy) is 1. The fourth-order valence-electron chi connectivity index (χ4n) is 2.73. The van der Waals surface area contributed by atoms with Gasteiger partial charge in [-0.3, -0.25) is 9.36 Å². The Kier molecular flexibility index (Phi) is 4.04. The van der Waals surface area contributed by atoms with Crippen molar-refractivity contribution in [2.45, 2.75) is 39.2 Å². The monoisotopic (exact) mass is 284 g/mol. The lowest BCUT2D eigenvalue weighted by atomic mass is 10.2. The van der Waals surface area contributed by atoms with Crippen LogP contribution in [0.1, 0.15) is 32.0 Å². The molecule has 0 unspecified atom stereocenters. The normalized spacial score (nSPS) is 15.1. The average molecular weight is 284 g/mol. The van der Waals surface area contributed by atoms with Crippen molar-refractivity contribution in [3.8, 4) is 5.75 Å². The number of fused-ring (bicyclic) bond motifs is 2. The van der Waals surface area contributed by atoms with E-state index in [1.807, 2.05) is 41.8 Å². The first kappa shape index (κ1) is 13.9. The number of benzene rings is 1. The Morgan fingerprint density at radius 2 is 2.24 bits per heavy atom. The summed E-state index contributed by atoms with van der Waals surface area (Å²) in [4.78, 5) is 17.3. The third-order valence-electron chi connectivity index (χ3n) is 3.87. The Labute approximate surface area is 124 Å². The van der Waals surface area contributed by atoms with E-state index in [2.05, 4.69) is 4.98 Å². The zero-order valence-corrected chi connectivity index (χ0v) is 12.3. The molecule has 4 heteroatoms. The summed E-state index contributed by atoms with van der Waals surface area (Å²) in [6, 6.07) is 5.58. The molecule has 0 saturated heterocycles. The Bertz CT molecular complexity index is 731. The summed E-state index contributed by atoms with van der Waals surface area (Å²) in [5, 5.41) is 0.652. The molecule has 0 bridgehead atoms. The second-order valence-corrected chi connectivity index (χ2v) is 5.35. The molecular weight excluding hydrogens is 264 g/mol. The van der Waals surface area contributed by atoms with Gasteiger partial charge in [-0.25, -0.2) is 4.98 Å². The van der Waals surface area contributed by atoms with E-state index in [4.69, 9.17) is 4.74 Å². The lowest BCUT2D eigenvalue weighted by Gasteiger charge is -2.11. The standard InChI is InChI=1S/C17H20N2O2/c1-2-3-11-21-13-8-9-15-14(12-13)17(20)19-10-6-4-5-7-16(19)18-15/h2-3,8-9,12H,4-7,10-11H2,1H3/b3-2+. The van der Waals surface area contributed by atoms with Crippen LogP contribution in [0.5, 0.6) is 5.75 Å². The van der Waals surface area contributed by atoms with Crippen LogP contribution < -0.4 is 10.3 Å². The van der Waals surface area contributed by atoms with Crippen molar-refractivity contribution >= 4 is 10.9 Å². The van der Waals surface area contributed by atoms with Crippen LogP contribution in [-0.2, 0) is 13.0 Å². The van der Waals surface area contributed by atoms with Crippen LogP contribution in [0.4, 0.5) is 0 Å². The predicted molar refractivity (Wildman–Crippen MR) is 83.9 cm³/mol. The van der Waals surface area contributed by atoms with E-state index >= 15 is 0 Å². The molecule has 0 radical (unpaired) electrons. The minimum Gasteiger partial charge on any atom is -0.490 e. The molecule has 0 atom stereocenters. The van der Waals surface area contributed by atoms with Crippen molar-refractivity contribution in [2.75, 3.05) is 6.61 Å². The summed E-state index contributed by atoms with van der Waals surface area (Å²) in [6.07, 6.45) is 8.10. The van der Waals surface area contributed by atoms with Crippen molar-refractivity contribution in [2.24, 2.45) is 0 Å². The number of aromatic nitrogens is 2. The summed E-state index contributed by atoms with van der Waals surface area (Å²) >= 11 is 0. The second-order valence-electron chi connectivity index (χ2n) is 5.35. The molecule has 1 aliphatic rings. The summed E-state index contributed by atoms with van der Waals surface area (Å²) in [7, 11) is 0. The highest BCUT2D eigenvalue weighted by atomic mass is 16.5. The number of rotatable bonds is 3. The first-order valence-corrected chi connectivity index (χ1v) is 7.57. The SMILES string of the molecule is C/C=C/COc1ccc2nc3n(c(=O)c2c1)CCCCC3. The Hall–Kier alpha value is -2.10. The lowest BCUT2D eigenvalue weighted by Crippen LogP contribution is -2.24. The Morgan fingerprint density at radius 3 is 3.10 bits per heavy atom. The van der Waals surface area contributed by atoms with Gasteiger partial charge >= 0.3 is 0 Å². The number of aryl methyl sites for hydroxylation is 1. The molecule has 0 amide bonds. The van der Waals surface area contributed by atoms with E-state index < -0.39 is 0 Å². The molecule has 0 spiro atoms. The van der Waals surface area contributed by atoms with Gasteiger partial charge in [0.25, 0.3) is 5.56 Å². The molecule has 1 aliphatic heterocycles. The van der Waals surface area contributed by atoms with E-state index in [0.29, 0.717) is 17.7 Å². The quantitative estimate of drug-likeness (QED) is 0.814. The molecule has 0 saturated carbocycles. The zero-order valence-electron chi connectivity index (χ0n) is 12.3. The van der Waals surface area contributed by atoms with E-state index in [1.54, 1.807) is 0 Å². The van der Waals surface area contributed by atoms with Gasteiger partial charge in [-0.2, -0.15) is 0 Å². The van der Waals surface area contributed by atoms with Gasteiger partial charge in [0.05, 0.1) is 10.9 Å². The van der Waals surface area contributed by atoms with Gasteiger partial charge in [-0.1, -0.05) is 18.6 Å². The molecule has 2 heterocycles. The minimum absolute atomic E-state index is 0.0633. The summed E-state index contributed by atoms with van der Waals surface area (Å²) < 4.78 is 7.45. The summed E-state index contributed by atoms with van der Waals surface area (Å²) in [5.41, 5.74) is 0.833. The highest BCUT2D eigenvalue weighted by molar-refractivity contribution is 5.79. The molecule has 2 aromatic rings. The molecule has 0 aliphatic carbocycles. The topological polar surface area (TPSA) is 44.1 Å². The molecule has 0 N–H and O–H groups in total. The predicted octanol–water partition coefficient (Wildman–Crippen LogP) is 3.08. The smallest absolute Gasteiger partial charge is 0.261 e. The largest absolute Gasteiger partial charge is 0.490 e. The van der Waals surface area contributed by atoms with Gasteiger partial charge < -0.3 is 4.74 Å². The molecular formula is C17H20N2O2. The highest BCUT2D eigenvalue weighted by Crippen LogP contribution is 2.19. The minimum atomic E-state index is 0.0633. The first-order valence-electron chi connectivity index (χ1n) is 7.57. The molecule has 1 aromatic carbocycles. The summed E-state index contributed by atoms with van der Waals surface area (Å²) in [6.45, 7) is 3.25. The number of hydrogen-bond acceptors (Lipinski definition) is 3. The molecule has 3 rings (SSSR count). The van der Waals surface area contributed by atoms with Crippen molar-refractivity contribution in [3.63, 3.8) is 0 Å². The first-order chi connectivity index (χ1) is 10.3. The van der Waals surface area contributed by atoms with Crippen LogP contribution in [0.25, 0.3) is 10.9 Å². The van der Waals surface area contributed by atoms with Crippen LogP contribution >= 0.6 is 0 Å². The zero-order chi connectivity index (χ0) is 14.7. The van der Waals surface area contributed by atoms with Crippen LogP contribution in [0.2, 0.25) is 0 Å². The Balaban J connectivity index is 2.04. The van der Waals surface area contributed by atoms with Gasteiger partial charge in [-0.15, -0.1) is 0 Å². The summed E-state index contributed by atoms with van der Waals surface area (Å²) in [5.74, 6) is 1.64. The van der Waals surface area contributed by atoms with Crippen molar-refractivity contribution < 1.29 is 4.74 Å². The van der Waals surface area contributed by atoms with Gasteiger partial charge in [0.15, 0.2) is 0 Å². The number of allylic oxidation sites excluding steroid dienone is 1. The second kappa shape index (κ2) is 6.12. The van der Waals surface area contributed by atoms with Crippen molar-refractivity contribution in [3.05, 3.63) is 46.5 Å². The third-order valence-corrected chi connectivity index (χ3v) is 3.87. The van der Waals surface area contributed by atoms with Crippen LogP contribution in [-0.4, -0.2) is 16.2 Å². The van der Waals surface area contributed by atoms with Gasteiger partial charge in [0.1, 0.15) is 18.2 Å². The van der Waals surface area contributed by atoms with E-state index in [1.165, 1.54) is 0 Å². The molecule has 0 fully saturated rings.